The van der Waals surface area contributed by atoms with E-state index < -0.39 is 0 Å². The van der Waals surface area contributed by atoms with Crippen molar-refractivity contribution in [3.8, 4) is 0 Å². The van der Waals surface area contributed by atoms with Crippen LogP contribution in [0.25, 0.3) is 11.0 Å². The molecular formula is C15H21N3. The summed E-state index contributed by atoms with van der Waals surface area (Å²) in [5, 5.41) is 3.45. The zero-order valence-corrected chi connectivity index (χ0v) is 11.6. The molecule has 0 fully saturated rings. The molecule has 1 heterocycles. The summed E-state index contributed by atoms with van der Waals surface area (Å²) in [7, 11) is 0. The van der Waals surface area contributed by atoms with Crippen LogP contribution in [-0.2, 0) is 0 Å². The first kappa shape index (κ1) is 13.0. The summed E-state index contributed by atoms with van der Waals surface area (Å²) in [6, 6.07) is 8.45. The highest BCUT2D eigenvalue weighted by atomic mass is 14.9. The number of fused-ring (bicyclic) bond motifs is 1. The third-order valence-corrected chi connectivity index (χ3v) is 3.49. The maximum Gasteiger partial charge on any atom is 0.0890 e. The number of nitrogens with zero attached hydrogens (tertiary/aromatic N) is 2. The number of nitrogens with one attached hydrogen (secondary N) is 1. The Kier molecular flexibility index (Phi) is 3.92. The van der Waals surface area contributed by atoms with E-state index in [0.717, 1.165) is 29.0 Å². The van der Waals surface area contributed by atoms with Gasteiger partial charge in [0, 0.05) is 12.0 Å². The monoisotopic (exact) mass is 243 g/mol. The molecule has 1 N–H and O–H groups in total. The summed E-state index contributed by atoms with van der Waals surface area (Å²) in [4.78, 5) is 9.42. The van der Waals surface area contributed by atoms with Crippen LogP contribution in [0.3, 0.4) is 0 Å². The molecule has 1 aromatic carbocycles. The van der Waals surface area contributed by atoms with Gasteiger partial charge in [-0.15, -0.1) is 0 Å². The summed E-state index contributed by atoms with van der Waals surface area (Å²) in [5.74, 6) is 0.363. The molecule has 2 aromatic rings. The average molecular weight is 243 g/mol. The van der Waals surface area contributed by atoms with E-state index in [-0.39, 0.29) is 0 Å². The van der Waals surface area contributed by atoms with Gasteiger partial charge in [0.15, 0.2) is 0 Å². The summed E-state index contributed by atoms with van der Waals surface area (Å²) in [6.07, 6.45) is 0. The molecule has 0 aliphatic rings. The van der Waals surface area contributed by atoms with Gasteiger partial charge in [-0.2, -0.15) is 0 Å². The molecular weight excluding hydrogens is 222 g/mol. The fourth-order valence-electron chi connectivity index (χ4n) is 2.27. The molecule has 2 rings (SSSR count). The first-order chi connectivity index (χ1) is 8.63. The zero-order valence-electron chi connectivity index (χ0n) is 11.6. The Morgan fingerprint density at radius 2 is 1.72 bits per heavy atom. The maximum absolute atomic E-state index is 4.78. The van der Waals surface area contributed by atoms with E-state index in [2.05, 4.69) is 31.1 Å². The molecule has 0 aliphatic heterocycles. The van der Waals surface area contributed by atoms with Gasteiger partial charge in [0.2, 0.25) is 0 Å². The van der Waals surface area contributed by atoms with Crippen LogP contribution >= 0.6 is 0 Å². The van der Waals surface area contributed by atoms with Gasteiger partial charge in [-0.1, -0.05) is 26.0 Å². The van der Waals surface area contributed by atoms with Crippen LogP contribution in [0.1, 0.15) is 38.1 Å². The molecule has 0 radical (unpaired) electrons. The summed E-state index contributed by atoms with van der Waals surface area (Å²) in [5.41, 5.74) is 4.09. The van der Waals surface area contributed by atoms with Crippen molar-refractivity contribution in [2.75, 3.05) is 6.54 Å². The number of hydrogen-bond donors (Lipinski definition) is 1. The van der Waals surface area contributed by atoms with E-state index >= 15 is 0 Å². The lowest BCUT2D eigenvalue weighted by molar-refractivity contribution is 0.485. The lowest BCUT2D eigenvalue weighted by atomic mass is 9.97. The zero-order chi connectivity index (χ0) is 13.1. The molecule has 18 heavy (non-hydrogen) atoms. The van der Waals surface area contributed by atoms with Crippen molar-refractivity contribution in [2.45, 2.75) is 39.7 Å². The molecule has 0 saturated heterocycles. The number of para-hydroxylation sites is 2. The molecule has 0 saturated carbocycles. The van der Waals surface area contributed by atoms with Gasteiger partial charge in [0.25, 0.3) is 0 Å². The topological polar surface area (TPSA) is 37.8 Å². The van der Waals surface area contributed by atoms with E-state index in [9.17, 15) is 0 Å². The number of rotatable bonds is 4. The van der Waals surface area contributed by atoms with Gasteiger partial charge in [0.05, 0.1) is 22.4 Å². The summed E-state index contributed by atoms with van der Waals surface area (Å²) >= 11 is 0. The van der Waals surface area contributed by atoms with E-state index in [1.165, 1.54) is 0 Å². The molecule has 2 atom stereocenters. The lowest BCUT2D eigenvalue weighted by Gasteiger charge is -2.21. The molecule has 96 valence electrons. The predicted octanol–water partition coefficient (Wildman–Crippen LogP) is 3.04. The van der Waals surface area contributed by atoms with E-state index in [0.29, 0.717) is 12.0 Å². The third-order valence-electron chi connectivity index (χ3n) is 3.49. The van der Waals surface area contributed by atoms with Gasteiger partial charge in [0.1, 0.15) is 0 Å². The van der Waals surface area contributed by atoms with Crippen LogP contribution < -0.4 is 5.32 Å². The Balaban J connectivity index is 2.41. The first-order valence-electron chi connectivity index (χ1n) is 6.60. The van der Waals surface area contributed by atoms with Crippen molar-refractivity contribution in [3.05, 3.63) is 35.7 Å². The standard InChI is InChI=1S/C15H21N3/c1-5-16-11(3)10(2)15-12(4)17-13-8-6-7-9-14(13)18-15/h6-11,16H,5H2,1-4H3. The fourth-order valence-corrected chi connectivity index (χ4v) is 2.27. The third kappa shape index (κ3) is 2.51. The molecule has 3 nitrogen and oxygen atoms in total. The maximum atomic E-state index is 4.78. The summed E-state index contributed by atoms with van der Waals surface area (Å²) in [6.45, 7) is 9.56. The highest BCUT2D eigenvalue weighted by Crippen LogP contribution is 2.22. The SMILES string of the molecule is CCNC(C)C(C)c1nc2ccccc2nc1C. The second-order valence-corrected chi connectivity index (χ2v) is 4.82. The van der Waals surface area contributed by atoms with Gasteiger partial charge in [-0.05, 0) is 32.5 Å². The minimum atomic E-state index is 0.363. The van der Waals surface area contributed by atoms with Crippen LogP contribution in [0.15, 0.2) is 24.3 Å². The van der Waals surface area contributed by atoms with Crippen molar-refractivity contribution in [1.29, 1.82) is 0 Å². The second kappa shape index (κ2) is 5.44. The lowest BCUT2D eigenvalue weighted by Crippen LogP contribution is -2.31. The highest BCUT2D eigenvalue weighted by molar-refractivity contribution is 5.74. The molecule has 0 bridgehead atoms. The number of benzene rings is 1. The Morgan fingerprint density at radius 1 is 1.11 bits per heavy atom. The molecule has 0 aliphatic carbocycles. The van der Waals surface area contributed by atoms with Crippen molar-refractivity contribution < 1.29 is 0 Å². The largest absolute Gasteiger partial charge is 0.314 e. The van der Waals surface area contributed by atoms with Gasteiger partial charge < -0.3 is 5.32 Å². The van der Waals surface area contributed by atoms with Crippen LogP contribution in [0.4, 0.5) is 0 Å². The normalized spacial score (nSPS) is 14.7. The van der Waals surface area contributed by atoms with Gasteiger partial charge in [-0.3, -0.25) is 0 Å². The Morgan fingerprint density at radius 3 is 2.33 bits per heavy atom. The van der Waals surface area contributed by atoms with Crippen molar-refractivity contribution in [1.82, 2.24) is 15.3 Å². The van der Waals surface area contributed by atoms with Crippen LogP contribution in [0.2, 0.25) is 0 Å². The Bertz CT molecular complexity index is 536. The molecule has 1 aromatic heterocycles. The average Bonchev–Trinajstić information content (AvgIpc) is 2.37. The molecule has 2 unspecified atom stereocenters. The minimum Gasteiger partial charge on any atom is -0.314 e. The van der Waals surface area contributed by atoms with Gasteiger partial charge >= 0.3 is 0 Å². The smallest absolute Gasteiger partial charge is 0.0890 e. The fraction of sp³-hybridized carbons (Fsp3) is 0.467. The van der Waals surface area contributed by atoms with Crippen molar-refractivity contribution in [2.24, 2.45) is 0 Å². The van der Waals surface area contributed by atoms with E-state index in [4.69, 9.17) is 4.98 Å². The quantitative estimate of drug-likeness (QED) is 0.897. The number of likely N-dealkylation sites (N-methyl/N-ethyl adjacent to an activating group) is 1. The van der Waals surface area contributed by atoms with Crippen LogP contribution in [0, 0.1) is 6.92 Å². The molecule has 0 spiro atoms. The number of aromatic nitrogens is 2. The van der Waals surface area contributed by atoms with Crippen LogP contribution in [-0.4, -0.2) is 22.6 Å². The number of hydrogen-bond acceptors (Lipinski definition) is 3. The van der Waals surface area contributed by atoms with Crippen molar-refractivity contribution >= 4 is 11.0 Å². The summed E-state index contributed by atoms with van der Waals surface area (Å²) < 4.78 is 0. The second-order valence-electron chi connectivity index (χ2n) is 4.82. The Labute approximate surface area is 109 Å². The van der Waals surface area contributed by atoms with Crippen LogP contribution in [0.5, 0.6) is 0 Å². The predicted molar refractivity (Wildman–Crippen MR) is 75.8 cm³/mol. The Hall–Kier alpha value is -1.48. The first-order valence-corrected chi connectivity index (χ1v) is 6.60. The van der Waals surface area contributed by atoms with E-state index in [1.807, 2.05) is 31.2 Å². The van der Waals surface area contributed by atoms with Crippen molar-refractivity contribution in [3.63, 3.8) is 0 Å². The highest BCUT2D eigenvalue weighted by Gasteiger charge is 2.18. The number of aryl methyl sites for hydroxylation is 1. The van der Waals surface area contributed by atoms with E-state index in [1.54, 1.807) is 0 Å². The van der Waals surface area contributed by atoms with Gasteiger partial charge in [-0.25, -0.2) is 9.97 Å². The minimum absolute atomic E-state index is 0.363. The molecule has 0 amide bonds. The molecule has 3 heteroatoms.